The summed E-state index contributed by atoms with van der Waals surface area (Å²) in [6, 6.07) is 12.2. The predicted molar refractivity (Wildman–Crippen MR) is 99.2 cm³/mol. The van der Waals surface area contributed by atoms with Crippen LogP contribution in [0.15, 0.2) is 53.4 Å². The van der Waals surface area contributed by atoms with Crippen LogP contribution in [0, 0.1) is 0 Å². The van der Waals surface area contributed by atoms with Gasteiger partial charge in [0.15, 0.2) is 15.3 Å². The highest BCUT2D eigenvalue weighted by molar-refractivity contribution is 7.96. The van der Waals surface area contributed by atoms with Crippen LogP contribution in [0.1, 0.15) is 17.5 Å². The molecule has 0 aliphatic carbocycles. The molecule has 0 amide bonds. The first-order valence-corrected chi connectivity index (χ1v) is 10.4. The fourth-order valence-electron chi connectivity index (χ4n) is 3.98. The lowest BCUT2D eigenvalue weighted by Crippen LogP contribution is -2.55. The number of rotatable bonds is 2. The molecule has 0 bridgehead atoms. The molecule has 1 spiro atoms. The first-order valence-electron chi connectivity index (χ1n) is 8.93. The van der Waals surface area contributed by atoms with Crippen LogP contribution >= 0.6 is 0 Å². The van der Waals surface area contributed by atoms with Crippen molar-refractivity contribution in [3.63, 3.8) is 0 Å². The van der Waals surface area contributed by atoms with E-state index in [9.17, 15) is 21.9 Å². The average Bonchev–Trinajstić information content (AvgIpc) is 2.96. The molecule has 0 saturated carbocycles. The van der Waals surface area contributed by atoms with Gasteiger partial charge in [0.05, 0.1) is 16.8 Å². The van der Waals surface area contributed by atoms with Crippen molar-refractivity contribution < 1.29 is 21.9 Å². The summed E-state index contributed by atoms with van der Waals surface area (Å²) in [7, 11) is -3.72. The topological polar surface area (TPSA) is 67.4 Å². The van der Waals surface area contributed by atoms with Crippen LogP contribution in [0.2, 0.25) is 0 Å². The number of anilines is 1. The number of sulfonamides is 1. The van der Waals surface area contributed by atoms with Gasteiger partial charge in [-0.05, 0) is 30.2 Å². The molecule has 2 aromatic rings. The Morgan fingerprint density at radius 2 is 1.86 bits per heavy atom. The van der Waals surface area contributed by atoms with Crippen LogP contribution in [-0.4, -0.2) is 34.6 Å². The molecule has 9 heteroatoms. The summed E-state index contributed by atoms with van der Waals surface area (Å²) in [4.78, 5) is 2.05. The number of hydrogen-bond acceptors (Lipinski definition) is 4. The molecule has 2 aliphatic heterocycles. The fourth-order valence-corrected chi connectivity index (χ4v) is 5.59. The molecule has 4 rings (SSSR count). The zero-order valence-corrected chi connectivity index (χ0v) is 15.8. The normalized spacial score (nSPS) is 28.0. The van der Waals surface area contributed by atoms with Crippen molar-refractivity contribution in [1.29, 1.82) is 0 Å². The van der Waals surface area contributed by atoms with Crippen LogP contribution in [0.5, 0.6) is 0 Å². The minimum Gasteiger partial charge on any atom is -0.593 e. The summed E-state index contributed by atoms with van der Waals surface area (Å²) in [5, 5.41) is 3.19. The number of likely N-dealkylation sites (tertiary alicyclic amines) is 1. The summed E-state index contributed by atoms with van der Waals surface area (Å²) >= 11 is 0. The van der Waals surface area contributed by atoms with Crippen molar-refractivity contribution in [1.82, 2.24) is 9.62 Å². The summed E-state index contributed by atoms with van der Waals surface area (Å²) in [6.07, 6.45) is -3.90. The van der Waals surface area contributed by atoms with E-state index < -0.39 is 27.7 Å². The zero-order valence-electron chi connectivity index (χ0n) is 15.0. The SMILES string of the molecule is O=[S+]1([O-])NC2(CCN(Cc3ccccc3C(F)(F)F)C2)CNc2ccccc21. The van der Waals surface area contributed by atoms with Crippen molar-refractivity contribution in [2.24, 2.45) is 0 Å². The van der Waals surface area contributed by atoms with Crippen LogP contribution in [0.3, 0.4) is 0 Å². The molecular formula is C19H20F3N3O2S. The lowest BCUT2D eigenvalue weighted by atomic mass is 10.00. The largest absolute Gasteiger partial charge is 0.593 e. The smallest absolute Gasteiger partial charge is 0.416 e. The highest BCUT2D eigenvalue weighted by Crippen LogP contribution is 2.36. The predicted octanol–water partition coefficient (Wildman–Crippen LogP) is 3.27. The zero-order chi connectivity index (χ0) is 20.0. The van der Waals surface area contributed by atoms with E-state index in [4.69, 9.17) is 0 Å². The summed E-state index contributed by atoms with van der Waals surface area (Å²) < 4.78 is 68.1. The van der Waals surface area contributed by atoms with E-state index in [1.165, 1.54) is 18.2 Å². The standard InChI is InChI=1S/C19H20F3N3O2S/c20-19(21,22)15-6-2-1-5-14(15)11-25-10-9-18(13-25)12-23-16-7-3-4-8-17(16)28(26,27)24-18/h1-8,23H,9-13H2,(H-,24,26,27). The Morgan fingerprint density at radius 1 is 1.14 bits per heavy atom. The van der Waals surface area contributed by atoms with E-state index >= 15 is 0 Å². The van der Waals surface area contributed by atoms with Gasteiger partial charge in [0.1, 0.15) is 0 Å². The molecule has 1 fully saturated rings. The first kappa shape index (κ1) is 19.4. The number of nitrogens with one attached hydrogen (secondary N) is 2. The molecule has 5 nitrogen and oxygen atoms in total. The second-order valence-electron chi connectivity index (χ2n) is 7.35. The van der Waals surface area contributed by atoms with Crippen LogP contribution < -0.4 is 10.0 Å². The van der Waals surface area contributed by atoms with E-state index in [0.29, 0.717) is 31.7 Å². The van der Waals surface area contributed by atoms with Crippen molar-refractivity contribution in [3.8, 4) is 0 Å². The number of hydrogen-bond donors (Lipinski definition) is 2. The van der Waals surface area contributed by atoms with Gasteiger partial charge in [-0.25, -0.2) is 0 Å². The van der Waals surface area contributed by atoms with Gasteiger partial charge in [-0.15, -0.1) is 4.72 Å². The highest BCUT2D eigenvalue weighted by atomic mass is 32.3. The van der Waals surface area contributed by atoms with Crippen LogP contribution in [-0.2, 0) is 27.3 Å². The number of halogens is 3. The number of benzene rings is 2. The third-order valence-electron chi connectivity index (χ3n) is 5.29. The number of alkyl halides is 3. The molecular weight excluding hydrogens is 391 g/mol. The Bertz CT molecular complexity index is 937. The molecule has 1 saturated heterocycles. The Hall–Kier alpha value is -1.94. The number of fused-ring (bicyclic) bond motifs is 1. The van der Waals surface area contributed by atoms with E-state index in [-0.39, 0.29) is 17.0 Å². The summed E-state index contributed by atoms with van der Waals surface area (Å²) in [5.74, 6) is 0. The van der Waals surface area contributed by atoms with Gasteiger partial charge >= 0.3 is 6.18 Å². The Balaban J connectivity index is 1.55. The minimum atomic E-state index is -4.42. The van der Waals surface area contributed by atoms with E-state index in [1.54, 1.807) is 24.3 Å². The van der Waals surface area contributed by atoms with Gasteiger partial charge in [0.25, 0.3) is 0 Å². The first-order chi connectivity index (χ1) is 13.2. The van der Waals surface area contributed by atoms with Crippen LogP contribution in [0.25, 0.3) is 0 Å². The third kappa shape index (κ3) is 3.67. The summed E-state index contributed by atoms with van der Waals surface area (Å²) in [6.45, 7) is 1.33. The molecule has 150 valence electrons. The average molecular weight is 411 g/mol. The van der Waals surface area contributed by atoms with Crippen molar-refractivity contribution in [2.45, 2.75) is 29.6 Å². The Morgan fingerprint density at radius 3 is 2.64 bits per heavy atom. The number of para-hydroxylation sites is 1. The molecule has 2 N–H and O–H groups in total. The molecule has 0 aromatic heterocycles. The second kappa shape index (κ2) is 6.84. The maximum atomic E-state index is 13.3. The van der Waals surface area contributed by atoms with Gasteiger partial charge in [-0.1, -0.05) is 34.5 Å². The van der Waals surface area contributed by atoms with Crippen molar-refractivity contribution in [3.05, 3.63) is 59.7 Å². The number of nitrogens with zero attached hydrogens (tertiary/aromatic N) is 1. The van der Waals surface area contributed by atoms with Crippen molar-refractivity contribution in [2.75, 3.05) is 25.0 Å². The highest BCUT2D eigenvalue weighted by Gasteiger charge is 2.47. The van der Waals surface area contributed by atoms with E-state index in [1.807, 2.05) is 4.90 Å². The Kier molecular flexibility index (Phi) is 4.73. The quantitative estimate of drug-likeness (QED) is 0.745. The molecule has 0 radical (unpaired) electrons. The minimum absolute atomic E-state index is 0.117. The third-order valence-corrected chi connectivity index (χ3v) is 6.93. The van der Waals surface area contributed by atoms with Crippen molar-refractivity contribution >= 4 is 16.1 Å². The lowest BCUT2D eigenvalue weighted by molar-refractivity contribution is -0.138. The second-order valence-corrected chi connectivity index (χ2v) is 9.00. The van der Waals surface area contributed by atoms with Gasteiger partial charge < -0.3 is 9.87 Å². The van der Waals surface area contributed by atoms with Gasteiger partial charge in [-0.2, -0.15) is 13.2 Å². The van der Waals surface area contributed by atoms with Crippen LogP contribution in [0.4, 0.5) is 18.9 Å². The molecule has 2 heterocycles. The molecule has 2 atom stereocenters. The molecule has 2 aliphatic rings. The Labute approximate surface area is 162 Å². The molecule has 28 heavy (non-hydrogen) atoms. The van der Waals surface area contributed by atoms with Gasteiger partial charge in [-0.3, -0.25) is 4.90 Å². The maximum Gasteiger partial charge on any atom is 0.416 e. The molecule has 2 unspecified atom stereocenters. The lowest BCUT2D eigenvalue weighted by Gasteiger charge is -2.29. The fraction of sp³-hybridized carbons (Fsp3) is 0.368. The van der Waals surface area contributed by atoms with E-state index in [2.05, 4.69) is 10.0 Å². The van der Waals surface area contributed by atoms with Gasteiger partial charge in [0.2, 0.25) is 0 Å². The molecule has 2 aromatic carbocycles. The van der Waals surface area contributed by atoms with E-state index in [0.717, 1.165) is 6.07 Å². The summed E-state index contributed by atoms with van der Waals surface area (Å²) in [5.41, 5.74) is -0.680. The maximum absolute atomic E-state index is 13.3. The monoisotopic (exact) mass is 411 g/mol. The van der Waals surface area contributed by atoms with Gasteiger partial charge in [0, 0.05) is 26.2 Å².